The van der Waals surface area contributed by atoms with Crippen molar-refractivity contribution in [2.24, 2.45) is 0 Å². The van der Waals surface area contributed by atoms with Gasteiger partial charge in [-0.3, -0.25) is 19.7 Å². The van der Waals surface area contributed by atoms with Crippen LogP contribution >= 0.6 is 0 Å². The fraction of sp³-hybridized carbons (Fsp3) is 0.308. The number of rotatable bonds is 3. The average molecular weight is 280 g/mol. The standard InChI is InChI=1S/C13H13FN2O4/c1-8-13(19)15-11(17)6-16(8)12(18)7-20-10-4-2-9(14)3-5-10/h2-5,8H,6-7H2,1H3,(H,15,17,19). The van der Waals surface area contributed by atoms with Gasteiger partial charge in [-0.1, -0.05) is 0 Å². The van der Waals surface area contributed by atoms with Gasteiger partial charge in [0.1, 0.15) is 24.2 Å². The first-order chi connectivity index (χ1) is 9.47. The fourth-order valence-corrected chi connectivity index (χ4v) is 1.78. The summed E-state index contributed by atoms with van der Waals surface area (Å²) >= 11 is 0. The molecule has 1 fully saturated rings. The number of imide groups is 1. The summed E-state index contributed by atoms with van der Waals surface area (Å²) < 4.78 is 17.9. The van der Waals surface area contributed by atoms with Gasteiger partial charge in [0.2, 0.25) is 11.8 Å². The van der Waals surface area contributed by atoms with Gasteiger partial charge in [0.05, 0.1) is 0 Å². The lowest BCUT2D eigenvalue weighted by molar-refractivity contribution is -0.150. The number of hydrogen-bond acceptors (Lipinski definition) is 4. The molecule has 1 N–H and O–H groups in total. The van der Waals surface area contributed by atoms with Gasteiger partial charge in [0.25, 0.3) is 5.91 Å². The van der Waals surface area contributed by atoms with Gasteiger partial charge in [-0.2, -0.15) is 0 Å². The minimum Gasteiger partial charge on any atom is -0.484 e. The lowest BCUT2D eigenvalue weighted by Gasteiger charge is -2.31. The van der Waals surface area contributed by atoms with Crippen LogP contribution in [0.4, 0.5) is 4.39 Å². The second-order valence-electron chi connectivity index (χ2n) is 4.35. The van der Waals surface area contributed by atoms with E-state index in [4.69, 9.17) is 4.74 Å². The first kappa shape index (κ1) is 14.0. The number of carbonyl (C=O) groups is 3. The number of nitrogens with one attached hydrogen (secondary N) is 1. The normalized spacial score (nSPS) is 18.7. The molecule has 1 aliphatic heterocycles. The molecule has 0 radical (unpaired) electrons. The molecule has 106 valence electrons. The van der Waals surface area contributed by atoms with Crippen molar-refractivity contribution >= 4 is 17.7 Å². The van der Waals surface area contributed by atoms with Crippen LogP contribution in [0.5, 0.6) is 5.75 Å². The molecule has 1 aliphatic rings. The highest BCUT2D eigenvalue weighted by molar-refractivity contribution is 6.04. The van der Waals surface area contributed by atoms with Gasteiger partial charge in [-0.15, -0.1) is 0 Å². The zero-order chi connectivity index (χ0) is 14.7. The van der Waals surface area contributed by atoms with Crippen LogP contribution in [0.25, 0.3) is 0 Å². The molecule has 1 unspecified atom stereocenters. The van der Waals surface area contributed by atoms with Crippen LogP contribution in [0.1, 0.15) is 6.92 Å². The van der Waals surface area contributed by atoms with Crippen molar-refractivity contribution in [1.29, 1.82) is 0 Å². The van der Waals surface area contributed by atoms with E-state index in [1.54, 1.807) is 0 Å². The number of benzene rings is 1. The highest BCUT2D eigenvalue weighted by Gasteiger charge is 2.33. The van der Waals surface area contributed by atoms with Crippen LogP contribution in [-0.4, -0.2) is 41.8 Å². The maximum absolute atomic E-state index is 12.7. The smallest absolute Gasteiger partial charge is 0.261 e. The first-order valence-corrected chi connectivity index (χ1v) is 5.99. The van der Waals surface area contributed by atoms with Crippen LogP contribution in [-0.2, 0) is 14.4 Å². The van der Waals surface area contributed by atoms with Crippen molar-refractivity contribution in [3.05, 3.63) is 30.1 Å². The largest absolute Gasteiger partial charge is 0.484 e. The van der Waals surface area contributed by atoms with Gasteiger partial charge >= 0.3 is 0 Å². The Kier molecular flexibility index (Phi) is 3.97. The predicted octanol–water partition coefficient (Wildman–Crippen LogP) is 0.0780. The molecule has 1 atom stereocenters. The molecule has 0 bridgehead atoms. The molecule has 0 spiro atoms. The average Bonchev–Trinajstić information content (AvgIpc) is 2.42. The van der Waals surface area contributed by atoms with E-state index in [1.165, 1.54) is 31.2 Å². The molecule has 0 aromatic heterocycles. The summed E-state index contributed by atoms with van der Waals surface area (Å²) in [6.07, 6.45) is 0. The van der Waals surface area contributed by atoms with E-state index >= 15 is 0 Å². The minimum absolute atomic E-state index is 0.182. The van der Waals surface area contributed by atoms with E-state index in [0.717, 1.165) is 4.90 Å². The third-order valence-corrected chi connectivity index (χ3v) is 2.92. The lowest BCUT2D eigenvalue weighted by atomic mass is 10.2. The van der Waals surface area contributed by atoms with Crippen molar-refractivity contribution in [1.82, 2.24) is 10.2 Å². The van der Waals surface area contributed by atoms with Crippen molar-refractivity contribution in [3.8, 4) is 5.75 Å². The zero-order valence-electron chi connectivity index (χ0n) is 10.8. The Morgan fingerprint density at radius 2 is 2.05 bits per heavy atom. The van der Waals surface area contributed by atoms with Crippen LogP contribution < -0.4 is 10.1 Å². The molecule has 1 heterocycles. The maximum Gasteiger partial charge on any atom is 0.261 e. The highest BCUT2D eigenvalue weighted by Crippen LogP contribution is 2.12. The Morgan fingerprint density at radius 3 is 2.70 bits per heavy atom. The zero-order valence-corrected chi connectivity index (χ0v) is 10.8. The van der Waals surface area contributed by atoms with Crippen LogP contribution in [0.2, 0.25) is 0 Å². The van der Waals surface area contributed by atoms with Gasteiger partial charge in [0, 0.05) is 0 Å². The molecule has 1 aromatic rings. The molecular formula is C13H13FN2O4. The summed E-state index contributed by atoms with van der Waals surface area (Å²) in [4.78, 5) is 35.7. The van der Waals surface area contributed by atoms with E-state index in [1.807, 2.05) is 0 Å². The molecule has 1 saturated heterocycles. The SMILES string of the molecule is CC1C(=O)NC(=O)CN1C(=O)COc1ccc(F)cc1. The molecule has 6 nitrogen and oxygen atoms in total. The van der Waals surface area contributed by atoms with Gasteiger partial charge in [-0.25, -0.2) is 4.39 Å². The van der Waals surface area contributed by atoms with E-state index in [0.29, 0.717) is 5.75 Å². The highest BCUT2D eigenvalue weighted by atomic mass is 19.1. The third-order valence-electron chi connectivity index (χ3n) is 2.92. The molecule has 1 aromatic carbocycles. The third kappa shape index (κ3) is 3.11. The maximum atomic E-state index is 12.7. The van der Waals surface area contributed by atoms with Crippen LogP contribution in [0, 0.1) is 5.82 Å². The summed E-state index contributed by atoms with van der Waals surface area (Å²) in [5.74, 6) is -1.60. The Labute approximate surface area is 114 Å². The van der Waals surface area contributed by atoms with Crippen molar-refractivity contribution in [3.63, 3.8) is 0 Å². The number of halogens is 1. The monoisotopic (exact) mass is 280 g/mol. The quantitative estimate of drug-likeness (QED) is 0.795. The molecule has 7 heteroatoms. The molecule has 2 rings (SSSR count). The Morgan fingerprint density at radius 1 is 1.40 bits per heavy atom. The summed E-state index contributed by atoms with van der Waals surface area (Å²) in [6.45, 7) is 1.02. The molecule has 0 aliphatic carbocycles. The topological polar surface area (TPSA) is 75.7 Å². The number of hydrogen-bond donors (Lipinski definition) is 1. The number of nitrogens with zero attached hydrogens (tertiary/aromatic N) is 1. The van der Waals surface area contributed by atoms with E-state index in [2.05, 4.69) is 5.32 Å². The van der Waals surface area contributed by atoms with Gasteiger partial charge in [-0.05, 0) is 31.2 Å². The lowest BCUT2D eigenvalue weighted by Crippen LogP contribution is -2.59. The van der Waals surface area contributed by atoms with E-state index < -0.39 is 29.6 Å². The fourth-order valence-electron chi connectivity index (χ4n) is 1.78. The van der Waals surface area contributed by atoms with E-state index in [-0.39, 0.29) is 13.2 Å². The van der Waals surface area contributed by atoms with Crippen molar-refractivity contribution in [2.45, 2.75) is 13.0 Å². The van der Waals surface area contributed by atoms with E-state index in [9.17, 15) is 18.8 Å². The summed E-state index contributed by atoms with van der Waals surface area (Å²) in [7, 11) is 0. The van der Waals surface area contributed by atoms with Gasteiger partial charge < -0.3 is 9.64 Å². The second-order valence-corrected chi connectivity index (χ2v) is 4.35. The summed E-state index contributed by atoms with van der Waals surface area (Å²) in [5, 5.41) is 2.14. The molecule has 0 saturated carbocycles. The number of carbonyl (C=O) groups excluding carboxylic acids is 3. The molecular weight excluding hydrogens is 267 g/mol. The van der Waals surface area contributed by atoms with Crippen LogP contribution in [0.3, 0.4) is 0 Å². The van der Waals surface area contributed by atoms with Gasteiger partial charge in [0.15, 0.2) is 6.61 Å². The number of ether oxygens (including phenoxy) is 1. The minimum atomic E-state index is -0.725. The Bertz CT molecular complexity index is 544. The molecule has 20 heavy (non-hydrogen) atoms. The summed E-state index contributed by atoms with van der Waals surface area (Å²) in [6, 6.07) is 4.47. The number of amides is 3. The Balaban J connectivity index is 1.95. The first-order valence-electron chi connectivity index (χ1n) is 5.99. The summed E-state index contributed by atoms with van der Waals surface area (Å²) in [5.41, 5.74) is 0. The van der Waals surface area contributed by atoms with Crippen molar-refractivity contribution < 1.29 is 23.5 Å². The van der Waals surface area contributed by atoms with Crippen LogP contribution in [0.15, 0.2) is 24.3 Å². The predicted molar refractivity (Wildman–Crippen MR) is 66.2 cm³/mol. The van der Waals surface area contributed by atoms with Crippen molar-refractivity contribution in [2.75, 3.05) is 13.2 Å². The Hall–Kier alpha value is -2.44. The number of piperazine rings is 1. The molecule has 3 amide bonds. The second kappa shape index (κ2) is 5.68.